The molecule has 0 aromatic heterocycles. The Balaban J connectivity index is 0.000000490. The fourth-order valence-corrected chi connectivity index (χ4v) is 1.05. The van der Waals surface area contributed by atoms with Crippen LogP contribution in [-0.2, 0) is 21.9 Å². The second kappa shape index (κ2) is 3.45. The van der Waals surface area contributed by atoms with Crippen molar-refractivity contribution in [3.63, 3.8) is 0 Å². The van der Waals surface area contributed by atoms with Gasteiger partial charge in [0.2, 0.25) is 0 Å². The Morgan fingerprint density at radius 2 is 2.38 bits per heavy atom. The molecule has 1 fully saturated rings. The van der Waals surface area contributed by atoms with Gasteiger partial charge in [0.15, 0.2) is 0 Å². The Hall–Kier alpha value is 0.429. The number of thioether (sulfide) groups is 1. The van der Waals surface area contributed by atoms with E-state index >= 15 is 0 Å². The summed E-state index contributed by atoms with van der Waals surface area (Å²) in [5.74, 6) is 0.341. The van der Waals surface area contributed by atoms with Crippen molar-refractivity contribution < 1.29 is 21.9 Å². The molecule has 1 aliphatic rings. The number of nitrogens with zero attached hydrogens (tertiary/aromatic N) is 1. The third-order valence-corrected chi connectivity index (χ3v) is 1.71. The fourth-order valence-electron chi connectivity index (χ4n) is 0.290. The zero-order valence-corrected chi connectivity index (χ0v) is 6.26. The van der Waals surface area contributed by atoms with Crippen molar-refractivity contribution in [2.75, 3.05) is 5.75 Å². The van der Waals surface area contributed by atoms with Crippen molar-refractivity contribution in [3.05, 3.63) is 5.32 Å². The fraction of sp³-hybridized carbons (Fsp3) is 0.333. The van der Waals surface area contributed by atoms with Crippen molar-refractivity contribution >= 4 is 34.2 Å². The van der Waals surface area contributed by atoms with Gasteiger partial charge in [-0.15, -0.1) is 11.8 Å². The standard InChI is InChI=1S/C3H3NOS2.Cu/c5-2-1-7-3(6)4-2;/h1H2,(H,4,5,6);/q;+1/p-1. The van der Waals surface area contributed by atoms with Crippen LogP contribution in [0.4, 0.5) is 0 Å². The average Bonchev–Trinajstić information content (AvgIpc) is 1.87. The molecule has 1 heterocycles. The number of hydrogen-bond donors (Lipinski definition) is 0. The van der Waals surface area contributed by atoms with Gasteiger partial charge in [-0.1, -0.05) is 12.2 Å². The van der Waals surface area contributed by atoms with E-state index in [0.717, 1.165) is 0 Å². The van der Waals surface area contributed by atoms with Crippen LogP contribution < -0.4 is 0 Å². The van der Waals surface area contributed by atoms with Gasteiger partial charge in [0.1, 0.15) is 0 Å². The van der Waals surface area contributed by atoms with Gasteiger partial charge in [-0.05, 0) is 4.32 Å². The van der Waals surface area contributed by atoms with Gasteiger partial charge in [0.25, 0.3) is 0 Å². The number of amides is 1. The maximum absolute atomic E-state index is 10.2. The minimum atomic E-state index is -0.102. The van der Waals surface area contributed by atoms with Gasteiger partial charge < -0.3 is 10.1 Å². The van der Waals surface area contributed by atoms with Crippen molar-refractivity contribution in [1.82, 2.24) is 0 Å². The second-order valence-corrected chi connectivity index (χ2v) is 2.67. The summed E-state index contributed by atoms with van der Waals surface area (Å²) < 4.78 is 0.477. The van der Waals surface area contributed by atoms with Crippen LogP contribution in [0, 0.1) is 0 Å². The van der Waals surface area contributed by atoms with Gasteiger partial charge in [-0.25, -0.2) is 0 Å². The summed E-state index contributed by atoms with van der Waals surface area (Å²) in [6, 6.07) is 0. The van der Waals surface area contributed by atoms with Crippen LogP contribution in [0.1, 0.15) is 0 Å². The first kappa shape index (κ1) is 8.43. The van der Waals surface area contributed by atoms with E-state index in [2.05, 4.69) is 17.5 Å². The first-order valence-corrected chi connectivity index (χ1v) is 3.10. The van der Waals surface area contributed by atoms with Gasteiger partial charge in [-0.2, -0.15) is 0 Å². The number of carbonyl (C=O) groups excluding carboxylic acids is 1. The molecule has 5 heteroatoms. The van der Waals surface area contributed by atoms with E-state index in [-0.39, 0.29) is 23.0 Å². The zero-order valence-electron chi connectivity index (χ0n) is 3.68. The van der Waals surface area contributed by atoms with Crippen molar-refractivity contribution in [3.8, 4) is 0 Å². The maximum atomic E-state index is 10.2. The molecular weight excluding hydrogens is 194 g/mol. The number of carbonyl (C=O) groups is 1. The molecule has 0 spiro atoms. The molecular formula is C3H2CuNOS2. The molecule has 0 bridgehead atoms. The Labute approximate surface area is 67.3 Å². The zero-order chi connectivity index (χ0) is 5.28. The van der Waals surface area contributed by atoms with Crippen molar-refractivity contribution in [2.24, 2.45) is 0 Å². The van der Waals surface area contributed by atoms with E-state index in [4.69, 9.17) is 0 Å². The van der Waals surface area contributed by atoms with E-state index in [1.807, 2.05) is 0 Å². The van der Waals surface area contributed by atoms with Gasteiger partial charge in [0.05, 0.1) is 5.91 Å². The van der Waals surface area contributed by atoms with Gasteiger partial charge >= 0.3 is 17.1 Å². The van der Waals surface area contributed by atoms with E-state index in [1.54, 1.807) is 0 Å². The van der Waals surface area contributed by atoms with Gasteiger partial charge in [0, 0.05) is 5.75 Å². The van der Waals surface area contributed by atoms with Crippen LogP contribution in [0.25, 0.3) is 5.32 Å². The van der Waals surface area contributed by atoms with E-state index in [0.29, 0.717) is 10.1 Å². The SMILES string of the molecule is O=C1CSC(=S)[N-]1.[Cu+]. The van der Waals surface area contributed by atoms with E-state index < -0.39 is 0 Å². The third kappa shape index (κ3) is 2.13. The number of rotatable bonds is 0. The Kier molecular flexibility index (Phi) is 3.64. The van der Waals surface area contributed by atoms with Crippen LogP contribution in [0.2, 0.25) is 0 Å². The first-order chi connectivity index (χ1) is 3.29. The molecule has 0 unspecified atom stereocenters. The predicted octanol–water partition coefficient (Wildman–Crippen LogP) is 0.916. The molecule has 0 radical (unpaired) electrons. The van der Waals surface area contributed by atoms with Crippen LogP contribution in [0.15, 0.2) is 0 Å². The molecule has 0 N–H and O–H groups in total. The molecule has 0 saturated carbocycles. The summed E-state index contributed by atoms with van der Waals surface area (Å²) in [5.41, 5.74) is 0. The van der Waals surface area contributed by atoms with Crippen molar-refractivity contribution in [1.29, 1.82) is 0 Å². The summed E-state index contributed by atoms with van der Waals surface area (Å²) >= 11 is 5.89. The molecule has 1 saturated heterocycles. The minimum Gasteiger partial charge on any atom is -0.611 e. The molecule has 0 aromatic carbocycles. The molecule has 2 nitrogen and oxygen atoms in total. The summed E-state index contributed by atoms with van der Waals surface area (Å²) in [7, 11) is 0. The Morgan fingerprint density at radius 3 is 2.50 bits per heavy atom. The molecule has 48 valence electrons. The maximum Gasteiger partial charge on any atom is 1.00 e. The average molecular weight is 196 g/mol. The van der Waals surface area contributed by atoms with Crippen molar-refractivity contribution in [2.45, 2.75) is 0 Å². The molecule has 0 aliphatic carbocycles. The van der Waals surface area contributed by atoms with Crippen LogP contribution in [0.3, 0.4) is 0 Å². The molecule has 1 amide bonds. The first-order valence-electron chi connectivity index (χ1n) is 1.70. The van der Waals surface area contributed by atoms with Crippen LogP contribution in [0.5, 0.6) is 0 Å². The summed E-state index contributed by atoms with van der Waals surface area (Å²) in [6.07, 6.45) is 0. The second-order valence-electron chi connectivity index (χ2n) is 1.06. The predicted molar refractivity (Wildman–Crippen MR) is 33.4 cm³/mol. The topological polar surface area (TPSA) is 31.2 Å². The normalized spacial score (nSPS) is 17.5. The monoisotopic (exact) mass is 195 g/mol. The summed E-state index contributed by atoms with van der Waals surface area (Å²) in [6.45, 7) is 0. The third-order valence-electron chi connectivity index (χ3n) is 0.535. The largest absolute Gasteiger partial charge is 1.00 e. The Morgan fingerprint density at radius 1 is 1.75 bits per heavy atom. The Bertz CT molecular complexity index is 112. The molecule has 1 rings (SSSR count). The summed E-state index contributed by atoms with van der Waals surface area (Å²) in [4.78, 5) is 10.2. The van der Waals surface area contributed by atoms with Crippen LogP contribution >= 0.6 is 24.0 Å². The van der Waals surface area contributed by atoms with E-state index in [9.17, 15) is 4.79 Å². The number of thiocarbonyl (C=S) groups is 1. The number of hydrogen-bond acceptors (Lipinski definition) is 3. The minimum absolute atomic E-state index is 0. The molecule has 0 aromatic rings. The smallest absolute Gasteiger partial charge is 0.611 e. The van der Waals surface area contributed by atoms with E-state index in [1.165, 1.54) is 11.8 Å². The van der Waals surface area contributed by atoms with Gasteiger partial charge in [-0.3, -0.25) is 0 Å². The molecule has 1 aliphatic heterocycles. The summed E-state index contributed by atoms with van der Waals surface area (Å²) in [5, 5.41) is 3.44. The molecule has 0 atom stereocenters. The van der Waals surface area contributed by atoms with Crippen LogP contribution in [-0.4, -0.2) is 16.0 Å². The molecule has 8 heavy (non-hydrogen) atoms. The quantitative estimate of drug-likeness (QED) is 0.426.